The first-order chi connectivity index (χ1) is 12.2. The van der Waals surface area contributed by atoms with Crippen molar-refractivity contribution in [2.24, 2.45) is 0 Å². The van der Waals surface area contributed by atoms with Crippen LogP contribution in [0.3, 0.4) is 0 Å². The Morgan fingerprint density at radius 3 is 2.68 bits per heavy atom. The van der Waals surface area contributed by atoms with Crippen LogP contribution >= 0.6 is 11.6 Å². The molecule has 25 heavy (non-hydrogen) atoms. The van der Waals surface area contributed by atoms with Gasteiger partial charge in [0.15, 0.2) is 11.5 Å². The predicted octanol–water partition coefficient (Wildman–Crippen LogP) is 4.25. The van der Waals surface area contributed by atoms with E-state index in [9.17, 15) is 0 Å². The fourth-order valence-corrected chi connectivity index (χ4v) is 2.66. The van der Waals surface area contributed by atoms with Crippen LogP contribution in [-0.4, -0.2) is 26.9 Å². The van der Waals surface area contributed by atoms with Crippen LogP contribution < -0.4 is 9.47 Å². The SMILES string of the molecule is COc1ccccc1-c1nnc2ccc(Oc3cccc(Cl)c3)nn12. The lowest BCUT2D eigenvalue weighted by atomic mass is 10.2. The Kier molecular flexibility index (Phi) is 3.95. The van der Waals surface area contributed by atoms with E-state index < -0.39 is 0 Å². The van der Waals surface area contributed by atoms with Gasteiger partial charge in [0, 0.05) is 11.1 Å². The fraction of sp³-hybridized carbons (Fsp3) is 0.0556. The van der Waals surface area contributed by atoms with E-state index in [1.54, 1.807) is 35.9 Å². The maximum absolute atomic E-state index is 5.99. The largest absolute Gasteiger partial charge is 0.496 e. The van der Waals surface area contributed by atoms with Gasteiger partial charge in [-0.05, 0) is 36.4 Å². The van der Waals surface area contributed by atoms with Gasteiger partial charge in [-0.2, -0.15) is 4.52 Å². The van der Waals surface area contributed by atoms with Crippen molar-refractivity contribution in [3.8, 4) is 28.8 Å². The molecule has 0 aliphatic rings. The molecule has 0 amide bonds. The van der Waals surface area contributed by atoms with Gasteiger partial charge in [-0.1, -0.05) is 29.8 Å². The molecule has 2 heterocycles. The van der Waals surface area contributed by atoms with Gasteiger partial charge in [-0.25, -0.2) is 0 Å². The molecule has 0 spiro atoms. The van der Waals surface area contributed by atoms with Crippen molar-refractivity contribution in [2.45, 2.75) is 0 Å². The second-order valence-corrected chi connectivity index (χ2v) is 5.66. The Balaban J connectivity index is 1.77. The van der Waals surface area contributed by atoms with Crippen molar-refractivity contribution >= 4 is 17.2 Å². The normalized spacial score (nSPS) is 10.8. The lowest BCUT2D eigenvalue weighted by Crippen LogP contribution is -1.99. The number of benzene rings is 2. The molecular weight excluding hydrogens is 340 g/mol. The van der Waals surface area contributed by atoms with Gasteiger partial charge in [0.25, 0.3) is 0 Å². The number of hydrogen-bond donors (Lipinski definition) is 0. The van der Waals surface area contributed by atoms with E-state index in [-0.39, 0.29) is 0 Å². The zero-order valence-electron chi connectivity index (χ0n) is 13.3. The van der Waals surface area contributed by atoms with Crippen molar-refractivity contribution in [3.05, 3.63) is 65.7 Å². The van der Waals surface area contributed by atoms with Crippen molar-refractivity contribution in [1.29, 1.82) is 0 Å². The minimum Gasteiger partial charge on any atom is -0.496 e. The van der Waals surface area contributed by atoms with Crippen LogP contribution in [0.5, 0.6) is 17.4 Å². The topological polar surface area (TPSA) is 61.5 Å². The van der Waals surface area contributed by atoms with Gasteiger partial charge in [-0.3, -0.25) is 0 Å². The summed E-state index contributed by atoms with van der Waals surface area (Å²) in [6, 6.07) is 18.2. The van der Waals surface area contributed by atoms with Gasteiger partial charge in [0.2, 0.25) is 5.88 Å². The Hall–Kier alpha value is -3.12. The maximum Gasteiger partial charge on any atom is 0.237 e. The summed E-state index contributed by atoms with van der Waals surface area (Å²) in [6.45, 7) is 0. The Morgan fingerprint density at radius 2 is 1.84 bits per heavy atom. The van der Waals surface area contributed by atoms with Crippen LogP contribution in [0.15, 0.2) is 60.7 Å². The minimum atomic E-state index is 0.408. The van der Waals surface area contributed by atoms with Crippen LogP contribution in [0.1, 0.15) is 0 Å². The van der Waals surface area contributed by atoms with E-state index in [2.05, 4.69) is 15.3 Å². The molecule has 4 rings (SSSR count). The number of aromatic nitrogens is 4. The van der Waals surface area contributed by atoms with Gasteiger partial charge >= 0.3 is 0 Å². The first kappa shape index (κ1) is 15.4. The highest BCUT2D eigenvalue weighted by molar-refractivity contribution is 6.30. The summed E-state index contributed by atoms with van der Waals surface area (Å²) < 4.78 is 12.8. The summed E-state index contributed by atoms with van der Waals surface area (Å²) in [5, 5.41) is 13.5. The Morgan fingerprint density at radius 1 is 0.960 bits per heavy atom. The molecule has 2 aromatic heterocycles. The van der Waals surface area contributed by atoms with E-state index in [1.807, 2.05) is 36.4 Å². The third kappa shape index (κ3) is 2.99. The Labute approximate surface area is 148 Å². The van der Waals surface area contributed by atoms with E-state index in [1.165, 1.54) is 0 Å². The van der Waals surface area contributed by atoms with Gasteiger partial charge in [0.1, 0.15) is 11.5 Å². The van der Waals surface area contributed by atoms with Crippen LogP contribution in [0, 0.1) is 0 Å². The first-order valence-corrected chi connectivity index (χ1v) is 7.92. The van der Waals surface area contributed by atoms with Crippen molar-refractivity contribution < 1.29 is 9.47 Å². The maximum atomic E-state index is 5.99. The molecule has 0 saturated carbocycles. The molecule has 0 saturated heterocycles. The summed E-state index contributed by atoms with van der Waals surface area (Å²) >= 11 is 5.99. The first-order valence-electron chi connectivity index (χ1n) is 7.54. The number of hydrogen-bond acceptors (Lipinski definition) is 5. The highest BCUT2D eigenvalue weighted by Crippen LogP contribution is 2.29. The second kappa shape index (κ2) is 6.41. The highest BCUT2D eigenvalue weighted by atomic mass is 35.5. The fourth-order valence-electron chi connectivity index (χ4n) is 2.48. The number of methoxy groups -OCH3 is 1. The molecule has 124 valence electrons. The summed E-state index contributed by atoms with van der Waals surface area (Å²) in [5.74, 6) is 2.28. The van der Waals surface area contributed by atoms with Gasteiger partial charge in [-0.15, -0.1) is 15.3 Å². The number of fused-ring (bicyclic) bond motifs is 1. The van der Waals surface area contributed by atoms with Crippen LogP contribution in [-0.2, 0) is 0 Å². The van der Waals surface area contributed by atoms with Crippen LogP contribution in [0.2, 0.25) is 5.02 Å². The number of para-hydroxylation sites is 1. The molecule has 0 aliphatic carbocycles. The van der Waals surface area contributed by atoms with E-state index in [0.29, 0.717) is 33.9 Å². The molecule has 0 atom stereocenters. The van der Waals surface area contributed by atoms with Gasteiger partial charge < -0.3 is 9.47 Å². The minimum absolute atomic E-state index is 0.408. The zero-order valence-corrected chi connectivity index (χ0v) is 14.0. The molecule has 2 aromatic carbocycles. The molecule has 7 heteroatoms. The molecule has 0 unspecified atom stereocenters. The van der Waals surface area contributed by atoms with E-state index in [0.717, 1.165) is 5.56 Å². The van der Waals surface area contributed by atoms with E-state index in [4.69, 9.17) is 21.1 Å². The summed E-state index contributed by atoms with van der Waals surface area (Å²) in [5.41, 5.74) is 1.41. The number of halogens is 1. The predicted molar refractivity (Wildman–Crippen MR) is 94.3 cm³/mol. The lowest BCUT2D eigenvalue weighted by molar-refractivity contribution is 0.416. The third-order valence-corrected chi connectivity index (χ3v) is 3.84. The summed E-state index contributed by atoms with van der Waals surface area (Å²) in [4.78, 5) is 0. The van der Waals surface area contributed by atoms with Crippen molar-refractivity contribution in [1.82, 2.24) is 19.8 Å². The van der Waals surface area contributed by atoms with Crippen molar-refractivity contribution in [2.75, 3.05) is 7.11 Å². The monoisotopic (exact) mass is 352 g/mol. The van der Waals surface area contributed by atoms with Gasteiger partial charge in [0.05, 0.1) is 12.7 Å². The zero-order chi connectivity index (χ0) is 17.2. The lowest BCUT2D eigenvalue weighted by Gasteiger charge is -2.07. The molecule has 6 nitrogen and oxygen atoms in total. The smallest absolute Gasteiger partial charge is 0.237 e. The average Bonchev–Trinajstić information content (AvgIpc) is 3.05. The average molecular weight is 353 g/mol. The number of nitrogens with zero attached hydrogens (tertiary/aromatic N) is 4. The standard InChI is InChI=1S/C18H13ClN4O2/c1-24-15-8-3-2-7-14(15)18-21-20-16-9-10-17(22-23(16)18)25-13-6-4-5-12(19)11-13/h2-11H,1H3. The molecule has 0 bridgehead atoms. The highest BCUT2D eigenvalue weighted by Gasteiger charge is 2.14. The number of ether oxygens (including phenoxy) is 2. The third-order valence-electron chi connectivity index (χ3n) is 3.60. The van der Waals surface area contributed by atoms with Crippen molar-refractivity contribution in [3.63, 3.8) is 0 Å². The van der Waals surface area contributed by atoms with Crippen LogP contribution in [0.25, 0.3) is 17.0 Å². The summed E-state index contributed by atoms with van der Waals surface area (Å²) in [6.07, 6.45) is 0. The Bertz CT molecular complexity index is 1050. The molecule has 0 radical (unpaired) electrons. The molecule has 4 aromatic rings. The molecule has 0 fully saturated rings. The van der Waals surface area contributed by atoms with Crippen LogP contribution in [0.4, 0.5) is 0 Å². The molecule has 0 aliphatic heterocycles. The quantitative estimate of drug-likeness (QED) is 0.549. The second-order valence-electron chi connectivity index (χ2n) is 5.22. The molecular formula is C18H13ClN4O2. The number of rotatable bonds is 4. The summed E-state index contributed by atoms with van der Waals surface area (Å²) in [7, 11) is 1.61. The van der Waals surface area contributed by atoms with E-state index >= 15 is 0 Å². The molecule has 0 N–H and O–H groups in total.